The molecule has 3 heteroatoms. The monoisotopic (exact) mass is 342 g/mol. The topological polar surface area (TPSA) is 39.4 Å². The van der Waals surface area contributed by atoms with E-state index in [1.165, 1.54) is 0 Å². The minimum atomic E-state index is -0.326. The number of aryl methyl sites for hydroxylation is 1. The van der Waals surface area contributed by atoms with Gasteiger partial charge >= 0.3 is 5.63 Å². The molecule has 128 valence electrons. The molecule has 0 radical (unpaired) electrons. The second-order valence-corrected chi connectivity index (χ2v) is 6.23. The zero-order valence-electron chi connectivity index (χ0n) is 14.5. The first-order valence-corrected chi connectivity index (χ1v) is 8.47. The number of benzene rings is 3. The average Bonchev–Trinajstić information content (AvgIpc) is 2.69. The number of fused-ring (bicyclic) bond motifs is 3. The van der Waals surface area contributed by atoms with E-state index in [4.69, 9.17) is 9.15 Å². The zero-order valence-corrected chi connectivity index (χ0v) is 14.5. The summed E-state index contributed by atoms with van der Waals surface area (Å²) in [5, 5.41) is 2.41. The fourth-order valence-electron chi connectivity index (χ4n) is 3.13. The molecule has 0 aliphatic heterocycles. The molecule has 3 nitrogen and oxygen atoms in total. The summed E-state index contributed by atoms with van der Waals surface area (Å²) in [7, 11) is 0. The van der Waals surface area contributed by atoms with Gasteiger partial charge in [0.15, 0.2) is 0 Å². The smallest absolute Gasteiger partial charge is 0.344 e. The van der Waals surface area contributed by atoms with Crippen LogP contribution in [0.25, 0.3) is 27.8 Å². The van der Waals surface area contributed by atoms with E-state index in [9.17, 15) is 4.79 Å². The predicted molar refractivity (Wildman–Crippen MR) is 106 cm³/mol. The molecule has 0 aliphatic rings. The van der Waals surface area contributed by atoms with Crippen molar-refractivity contribution >= 4 is 27.8 Å². The van der Waals surface area contributed by atoms with Gasteiger partial charge in [-0.3, -0.25) is 0 Å². The Balaban J connectivity index is 1.72. The van der Waals surface area contributed by atoms with Crippen molar-refractivity contribution in [2.45, 2.75) is 13.5 Å². The number of rotatable bonds is 4. The molecule has 4 aromatic rings. The van der Waals surface area contributed by atoms with E-state index < -0.39 is 0 Å². The molecule has 1 heterocycles. The lowest BCUT2D eigenvalue weighted by Crippen LogP contribution is -2.02. The third-order valence-electron chi connectivity index (χ3n) is 4.60. The van der Waals surface area contributed by atoms with Gasteiger partial charge in [-0.2, -0.15) is 0 Å². The summed E-state index contributed by atoms with van der Waals surface area (Å²) in [5.74, 6) is 0.712. The first-order chi connectivity index (χ1) is 12.7. The van der Waals surface area contributed by atoms with Crippen LogP contribution in [0.5, 0.6) is 5.75 Å². The number of hydrogen-bond donors (Lipinski definition) is 0. The van der Waals surface area contributed by atoms with Crippen molar-refractivity contribution in [3.8, 4) is 5.75 Å². The second-order valence-electron chi connectivity index (χ2n) is 6.23. The van der Waals surface area contributed by atoms with E-state index in [0.29, 0.717) is 23.3 Å². The van der Waals surface area contributed by atoms with Gasteiger partial charge < -0.3 is 9.15 Å². The molecule has 0 unspecified atom stereocenters. The molecule has 0 bridgehead atoms. The summed E-state index contributed by atoms with van der Waals surface area (Å²) < 4.78 is 11.6. The normalized spacial score (nSPS) is 11.0. The molecule has 0 N–H and O–H groups in total. The Hall–Kier alpha value is -3.33. The summed E-state index contributed by atoms with van der Waals surface area (Å²) in [6, 6.07) is 19.4. The van der Waals surface area contributed by atoms with E-state index in [1.807, 2.05) is 67.6 Å². The minimum absolute atomic E-state index is 0.326. The van der Waals surface area contributed by atoms with Crippen molar-refractivity contribution in [3.63, 3.8) is 0 Å². The molecule has 0 saturated carbocycles. The summed E-state index contributed by atoms with van der Waals surface area (Å²) in [5.41, 5.74) is 3.22. The molecule has 0 fully saturated rings. The van der Waals surface area contributed by atoms with Gasteiger partial charge in [-0.1, -0.05) is 55.1 Å². The van der Waals surface area contributed by atoms with Crippen LogP contribution < -0.4 is 10.4 Å². The highest BCUT2D eigenvalue weighted by Gasteiger charge is 2.12. The summed E-state index contributed by atoms with van der Waals surface area (Å²) in [6.45, 7) is 6.12. The maximum absolute atomic E-state index is 12.3. The van der Waals surface area contributed by atoms with Crippen molar-refractivity contribution in [3.05, 3.63) is 94.4 Å². The highest BCUT2D eigenvalue weighted by Crippen LogP contribution is 2.31. The molecular weight excluding hydrogens is 324 g/mol. The van der Waals surface area contributed by atoms with Gasteiger partial charge in [-0.05, 0) is 41.6 Å². The van der Waals surface area contributed by atoms with Crippen molar-refractivity contribution in [2.24, 2.45) is 0 Å². The lowest BCUT2D eigenvalue weighted by molar-refractivity contribution is 0.304. The fourth-order valence-corrected chi connectivity index (χ4v) is 3.13. The van der Waals surface area contributed by atoms with Gasteiger partial charge in [0, 0.05) is 10.9 Å². The SMILES string of the molecule is C=Cc1ccc(COc2ccc3c(oc(=O)c4ccccc43)c2C)cc1. The van der Waals surface area contributed by atoms with E-state index >= 15 is 0 Å². The van der Waals surface area contributed by atoms with Gasteiger partial charge in [-0.25, -0.2) is 4.79 Å². The van der Waals surface area contributed by atoms with E-state index in [0.717, 1.165) is 27.5 Å². The van der Waals surface area contributed by atoms with E-state index in [-0.39, 0.29) is 5.63 Å². The van der Waals surface area contributed by atoms with Gasteiger partial charge in [-0.15, -0.1) is 0 Å². The van der Waals surface area contributed by atoms with Crippen LogP contribution >= 0.6 is 0 Å². The minimum Gasteiger partial charge on any atom is -0.488 e. The zero-order chi connectivity index (χ0) is 18.1. The van der Waals surface area contributed by atoms with Crippen molar-refractivity contribution < 1.29 is 9.15 Å². The molecular formula is C23H18O3. The van der Waals surface area contributed by atoms with Crippen LogP contribution in [-0.2, 0) is 6.61 Å². The maximum atomic E-state index is 12.3. The summed E-state index contributed by atoms with van der Waals surface area (Å²) in [4.78, 5) is 12.3. The number of hydrogen-bond acceptors (Lipinski definition) is 3. The van der Waals surface area contributed by atoms with Crippen LogP contribution in [0, 0.1) is 6.92 Å². The highest BCUT2D eigenvalue weighted by molar-refractivity contribution is 6.05. The summed E-state index contributed by atoms with van der Waals surface area (Å²) in [6.07, 6.45) is 1.81. The standard InChI is InChI=1S/C23H18O3/c1-3-16-8-10-17(11-9-16)14-25-21-13-12-19-18-6-4-5-7-20(18)23(24)26-22(19)15(21)2/h3-13H,1,14H2,2H3. The van der Waals surface area contributed by atoms with E-state index in [2.05, 4.69) is 6.58 Å². The second kappa shape index (κ2) is 6.52. The Morgan fingerprint density at radius 1 is 0.962 bits per heavy atom. The molecule has 0 aliphatic carbocycles. The lowest BCUT2D eigenvalue weighted by atomic mass is 10.0. The van der Waals surface area contributed by atoms with Gasteiger partial charge in [0.05, 0.1) is 5.39 Å². The van der Waals surface area contributed by atoms with Crippen LogP contribution in [0.15, 0.2) is 76.5 Å². The molecule has 4 rings (SSSR count). The third kappa shape index (κ3) is 2.78. The Kier molecular flexibility index (Phi) is 4.05. The molecule has 0 atom stereocenters. The Bertz CT molecular complexity index is 1170. The maximum Gasteiger partial charge on any atom is 0.344 e. The third-order valence-corrected chi connectivity index (χ3v) is 4.60. The lowest BCUT2D eigenvalue weighted by Gasteiger charge is -2.12. The average molecular weight is 342 g/mol. The predicted octanol–water partition coefficient (Wildman–Crippen LogP) is 5.48. The molecule has 3 aromatic carbocycles. The largest absolute Gasteiger partial charge is 0.488 e. The van der Waals surface area contributed by atoms with Crippen LogP contribution in [0.3, 0.4) is 0 Å². The first kappa shape index (κ1) is 16.2. The molecule has 0 spiro atoms. The fraction of sp³-hybridized carbons (Fsp3) is 0.0870. The van der Waals surface area contributed by atoms with Crippen molar-refractivity contribution in [1.82, 2.24) is 0 Å². The summed E-state index contributed by atoms with van der Waals surface area (Å²) >= 11 is 0. The van der Waals surface area contributed by atoms with Gasteiger partial charge in [0.2, 0.25) is 0 Å². The Labute approximate surface area is 151 Å². The van der Waals surface area contributed by atoms with Crippen LogP contribution in [0.1, 0.15) is 16.7 Å². The van der Waals surface area contributed by atoms with Crippen molar-refractivity contribution in [1.29, 1.82) is 0 Å². The van der Waals surface area contributed by atoms with Crippen molar-refractivity contribution in [2.75, 3.05) is 0 Å². The Morgan fingerprint density at radius 2 is 1.69 bits per heavy atom. The van der Waals surface area contributed by atoms with Crippen LogP contribution in [0.2, 0.25) is 0 Å². The van der Waals surface area contributed by atoms with Gasteiger partial charge in [0.25, 0.3) is 0 Å². The molecule has 0 saturated heterocycles. The quantitative estimate of drug-likeness (QED) is 0.364. The highest BCUT2D eigenvalue weighted by atomic mass is 16.5. The van der Waals surface area contributed by atoms with Gasteiger partial charge in [0.1, 0.15) is 17.9 Å². The first-order valence-electron chi connectivity index (χ1n) is 8.47. The van der Waals surface area contributed by atoms with Crippen LogP contribution in [-0.4, -0.2) is 0 Å². The molecule has 1 aromatic heterocycles. The molecule has 26 heavy (non-hydrogen) atoms. The van der Waals surface area contributed by atoms with E-state index in [1.54, 1.807) is 6.07 Å². The Morgan fingerprint density at radius 3 is 2.42 bits per heavy atom. The number of ether oxygens (including phenoxy) is 1. The molecule has 0 amide bonds. The van der Waals surface area contributed by atoms with Crippen LogP contribution in [0.4, 0.5) is 0 Å².